The van der Waals surface area contributed by atoms with Crippen LogP contribution < -0.4 is 16.0 Å². The summed E-state index contributed by atoms with van der Waals surface area (Å²) in [6.45, 7) is 5.84. The molecule has 1 saturated heterocycles. The maximum atomic E-state index is 10.9. The molecule has 3 N–H and O–H groups in total. The molecule has 1 aromatic heterocycles. The summed E-state index contributed by atoms with van der Waals surface area (Å²) in [5, 5.41) is 3.29. The maximum Gasteiger partial charge on any atom is 0.217 e. The fraction of sp³-hybridized carbons (Fsp3) is 0.600. The predicted molar refractivity (Wildman–Crippen MR) is 80.4 cm³/mol. The van der Waals surface area contributed by atoms with Crippen LogP contribution in [0.15, 0.2) is 18.3 Å². The van der Waals surface area contributed by atoms with E-state index in [0.717, 1.165) is 44.8 Å². The summed E-state index contributed by atoms with van der Waals surface area (Å²) in [5.41, 5.74) is 6.46. The van der Waals surface area contributed by atoms with Crippen molar-refractivity contribution in [2.45, 2.75) is 32.7 Å². The van der Waals surface area contributed by atoms with Crippen molar-refractivity contribution in [2.24, 2.45) is 11.7 Å². The number of hydrogen-bond acceptors (Lipinski definition) is 4. The van der Waals surface area contributed by atoms with E-state index in [1.165, 1.54) is 5.56 Å². The van der Waals surface area contributed by atoms with Gasteiger partial charge in [-0.1, -0.05) is 13.0 Å². The number of hydrogen-bond donors (Lipinski definition) is 2. The summed E-state index contributed by atoms with van der Waals surface area (Å²) in [6, 6.07) is 4.21. The summed E-state index contributed by atoms with van der Waals surface area (Å²) >= 11 is 0. The SMILES string of the molecule is CCNCc1ccc(N2CCC(CC(N)=O)CC2)nc1. The molecular weight excluding hydrogens is 252 g/mol. The van der Waals surface area contributed by atoms with E-state index in [9.17, 15) is 4.79 Å². The van der Waals surface area contributed by atoms with Crippen molar-refractivity contribution >= 4 is 11.7 Å². The van der Waals surface area contributed by atoms with Crippen molar-refractivity contribution < 1.29 is 4.79 Å². The number of primary amides is 1. The van der Waals surface area contributed by atoms with E-state index in [1.54, 1.807) is 0 Å². The zero-order valence-corrected chi connectivity index (χ0v) is 12.1. The molecule has 0 spiro atoms. The molecule has 1 amide bonds. The fourth-order valence-electron chi connectivity index (χ4n) is 2.63. The Morgan fingerprint density at radius 1 is 1.45 bits per heavy atom. The van der Waals surface area contributed by atoms with Crippen molar-refractivity contribution in [3.63, 3.8) is 0 Å². The molecule has 5 heteroatoms. The highest BCUT2D eigenvalue weighted by Gasteiger charge is 2.21. The molecule has 0 bridgehead atoms. The second-order valence-corrected chi connectivity index (χ2v) is 5.41. The highest BCUT2D eigenvalue weighted by atomic mass is 16.1. The number of amides is 1. The highest BCUT2D eigenvalue weighted by molar-refractivity contribution is 5.74. The summed E-state index contributed by atoms with van der Waals surface area (Å²) in [6.07, 6.45) is 4.49. The van der Waals surface area contributed by atoms with Gasteiger partial charge in [0, 0.05) is 32.3 Å². The first-order chi connectivity index (χ1) is 9.69. The maximum absolute atomic E-state index is 10.9. The molecular formula is C15H24N4O. The van der Waals surface area contributed by atoms with Crippen LogP contribution in [-0.4, -0.2) is 30.5 Å². The van der Waals surface area contributed by atoms with Crippen LogP contribution in [0.1, 0.15) is 31.7 Å². The van der Waals surface area contributed by atoms with Crippen LogP contribution in [-0.2, 0) is 11.3 Å². The molecule has 110 valence electrons. The first-order valence-corrected chi connectivity index (χ1v) is 7.38. The summed E-state index contributed by atoms with van der Waals surface area (Å²) in [7, 11) is 0. The van der Waals surface area contributed by atoms with Crippen molar-refractivity contribution in [1.29, 1.82) is 0 Å². The molecule has 2 rings (SSSR count). The van der Waals surface area contributed by atoms with E-state index < -0.39 is 0 Å². The summed E-state index contributed by atoms with van der Waals surface area (Å²) in [5.74, 6) is 1.29. The third-order valence-electron chi connectivity index (χ3n) is 3.82. The number of pyridine rings is 1. The molecule has 1 aromatic rings. The Kier molecular flexibility index (Phi) is 5.35. The lowest BCUT2D eigenvalue weighted by atomic mass is 9.93. The van der Waals surface area contributed by atoms with Gasteiger partial charge in [-0.05, 0) is 36.9 Å². The summed E-state index contributed by atoms with van der Waals surface area (Å²) in [4.78, 5) is 17.8. The number of nitrogens with one attached hydrogen (secondary N) is 1. The van der Waals surface area contributed by atoms with Gasteiger partial charge in [0.05, 0.1) is 0 Å². The lowest BCUT2D eigenvalue weighted by Gasteiger charge is -2.32. The fourth-order valence-corrected chi connectivity index (χ4v) is 2.63. The topological polar surface area (TPSA) is 71.2 Å². The van der Waals surface area contributed by atoms with Gasteiger partial charge in [0.1, 0.15) is 5.82 Å². The average molecular weight is 276 g/mol. The van der Waals surface area contributed by atoms with Crippen molar-refractivity contribution in [1.82, 2.24) is 10.3 Å². The van der Waals surface area contributed by atoms with Gasteiger partial charge in [-0.3, -0.25) is 4.79 Å². The monoisotopic (exact) mass is 276 g/mol. The molecule has 5 nitrogen and oxygen atoms in total. The van der Waals surface area contributed by atoms with Gasteiger partial charge >= 0.3 is 0 Å². The molecule has 0 atom stereocenters. The Morgan fingerprint density at radius 3 is 2.75 bits per heavy atom. The van der Waals surface area contributed by atoms with Crippen LogP contribution in [0.4, 0.5) is 5.82 Å². The minimum atomic E-state index is -0.186. The summed E-state index contributed by atoms with van der Waals surface area (Å²) < 4.78 is 0. The molecule has 0 radical (unpaired) electrons. The Bertz CT molecular complexity index is 424. The van der Waals surface area contributed by atoms with Gasteiger partial charge in [0.15, 0.2) is 0 Å². The molecule has 20 heavy (non-hydrogen) atoms. The Hall–Kier alpha value is -1.62. The largest absolute Gasteiger partial charge is 0.370 e. The minimum Gasteiger partial charge on any atom is -0.370 e. The van der Waals surface area contributed by atoms with Crippen LogP contribution in [0.25, 0.3) is 0 Å². The van der Waals surface area contributed by atoms with Gasteiger partial charge in [-0.2, -0.15) is 0 Å². The lowest BCUT2D eigenvalue weighted by molar-refractivity contribution is -0.119. The van der Waals surface area contributed by atoms with Crippen molar-refractivity contribution in [3.8, 4) is 0 Å². The average Bonchev–Trinajstić information content (AvgIpc) is 2.46. The van der Waals surface area contributed by atoms with Gasteiger partial charge in [0.25, 0.3) is 0 Å². The number of anilines is 1. The second-order valence-electron chi connectivity index (χ2n) is 5.41. The number of nitrogens with two attached hydrogens (primary N) is 1. The molecule has 0 unspecified atom stereocenters. The second kappa shape index (κ2) is 7.24. The van der Waals surface area contributed by atoms with E-state index in [4.69, 9.17) is 5.73 Å². The Labute approximate surface area is 120 Å². The van der Waals surface area contributed by atoms with Gasteiger partial charge in [-0.15, -0.1) is 0 Å². The first kappa shape index (κ1) is 14.8. The molecule has 1 aliphatic rings. The molecule has 0 saturated carbocycles. The zero-order valence-electron chi connectivity index (χ0n) is 12.1. The standard InChI is InChI=1S/C15H24N4O/c1-2-17-10-13-3-4-15(18-11-13)19-7-5-12(6-8-19)9-14(16)20/h3-4,11-12,17H,2,5-10H2,1H3,(H2,16,20). The number of aromatic nitrogens is 1. The Balaban J connectivity index is 1.85. The van der Waals surface area contributed by atoms with Crippen molar-refractivity contribution in [3.05, 3.63) is 23.9 Å². The predicted octanol–water partition coefficient (Wildman–Crippen LogP) is 1.28. The quantitative estimate of drug-likeness (QED) is 0.821. The lowest BCUT2D eigenvalue weighted by Crippen LogP contribution is -2.35. The normalized spacial score (nSPS) is 16.4. The number of piperidine rings is 1. The minimum absolute atomic E-state index is 0.186. The number of nitrogens with zero attached hydrogens (tertiary/aromatic N) is 2. The van der Waals surface area contributed by atoms with Crippen molar-refractivity contribution in [2.75, 3.05) is 24.5 Å². The number of carbonyl (C=O) groups is 1. The van der Waals surface area contributed by atoms with E-state index in [2.05, 4.69) is 34.3 Å². The van der Waals surface area contributed by atoms with Gasteiger partial charge in [-0.25, -0.2) is 4.98 Å². The number of carbonyl (C=O) groups excluding carboxylic acids is 1. The highest BCUT2D eigenvalue weighted by Crippen LogP contribution is 2.23. The number of rotatable bonds is 6. The van der Waals surface area contributed by atoms with Crippen LogP contribution in [0, 0.1) is 5.92 Å². The molecule has 0 aliphatic carbocycles. The van der Waals surface area contributed by atoms with Gasteiger partial charge in [0.2, 0.25) is 5.91 Å². The first-order valence-electron chi connectivity index (χ1n) is 7.38. The van der Waals surface area contributed by atoms with E-state index >= 15 is 0 Å². The van der Waals surface area contributed by atoms with E-state index in [0.29, 0.717) is 12.3 Å². The van der Waals surface area contributed by atoms with E-state index in [-0.39, 0.29) is 5.91 Å². The molecule has 1 fully saturated rings. The van der Waals surface area contributed by atoms with Crippen LogP contribution in [0.3, 0.4) is 0 Å². The zero-order chi connectivity index (χ0) is 14.4. The van der Waals surface area contributed by atoms with Crippen LogP contribution >= 0.6 is 0 Å². The molecule has 2 heterocycles. The third kappa shape index (κ3) is 4.20. The third-order valence-corrected chi connectivity index (χ3v) is 3.82. The molecule has 1 aliphatic heterocycles. The Morgan fingerprint density at radius 2 is 2.20 bits per heavy atom. The smallest absolute Gasteiger partial charge is 0.217 e. The van der Waals surface area contributed by atoms with Gasteiger partial charge < -0.3 is 16.0 Å². The molecule has 0 aromatic carbocycles. The van der Waals surface area contributed by atoms with E-state index in [1.807, 2.05) is 6.20 Å². The van der Waals surface area contributed by atoms with Crippen LogP contribution in [0.5, 0.6) is 0 Å². The van der Waals surface area contributed by atoms with Crippen LogP contribution in [0.2, 0.25) is 0 Å².